The summed E-state index contributed by atoms with van der Waals surface area (Å²) in [5.41, 5.74) is 6.19. The van der Waals surface area contributed by atoms with E-state index >= 15 is 0 Å². The standard InChI is InChI=1S/C25H24ClN5O/c1-16-5-8-18-14-25(11-3-2-4-12-25)21-22(20(18)13-16)31-24(27-28-29-31)30(23(21)32)15-17-6-9-19(26)10-7-17/h5-10,13H,2-4,11-12,14-15H2,1H3. The molecular formula is C25H24ClN5O. The molecule has 1 saturated carbocycles. The largest absolute Gasteiger partial charge is 0.271 e. The molecule has 1 fully saturated rings. The van der Waals surface area contributed by atoms with Crippen LogP contribution in [0.15, 0.2) is 47.3 Å². The van der Waals surface area contributed by atoms with Crippen molar-refractivity contribution in [2.45, 2.75) is 57.4 Å². The molecule has 0 aliphatic heterocycles. The van der Waals surface area contributed by atoms with Gasteiger partial charge in [0.1, 0.15) is 0 Å². The van der Waals surface area contributed by atoms with Crippen molar-refractivity contribution in [1.29, 1.82) is 0 Å². The van der Waals surface area contributed by atoms with Gasteiger partial charge in [-0.25, -0.2) is 0 Å². The summed E-state index contributed by atoms with van der Waals surface area (Å²) in [7, 11) is 0. The van der Waals surface area contributed by atoms with Crippen LogP contribution in [0, 0.1) is 6.92 Å². The van der Waals surface area contributed by atoms with Crippen molar-refractivity contribution in [2.75, 3.05) is 0 Å². The van der Waals surface area contributed by atoms with Gasteiger partial charge in [0.05, 0.1) is 17.8 Å². The Morgan fingerprint density at radius 1 is 1.06 bits per heavy atom. The molecular weight excluding hydrogens is 422 g/mol. The highest BCUT2D eigenvalue weighted by atomic mass is 35.5. The second-order valence-corrected chi connectivity index (χ2v) is 9.75. The Morgan fingerprint density at radius 3 is 2.62 bits per heavy atom. The molecule has 32 heavy (non-hydrogen) atoms. The van der Waals surface area contributed by atoms with Gasteiger partial charge in [-0.2, -0.15) is 4.52 Å². The second-order valence-electron chi connectivity index (χ2n) is 9.31. The van der Waals surface area contributed by atoms with E-state index in [1.165, 1.54) is 17.5 Å². The zero-order valence-corrected chi connectivity index (χ0v) is 18.8. The van der Waals surface area contributed by atoms with E-state index in [0.29, 0.717) is 17.3 Å². The normalized spacial score (nSPS) is 16.8. The van der Waals surface area contributed by atoms with Gasteiger partial charge in [-0.15, -0.1) is 0 Å². The van der Waals surface area contributed by atoms with Gasteiger partial charge in [0.25, 0.3) is 11.3 Å². The Balaban J connectivity index is 1.66. The fourth-order valence-electron chi connectivity index (χ4n) is 5.74. The Morgan fingerprint density at radius 2 is 1.84 bits per heavy atom. The number of aromatic nitrogens is 5. The fourth-order valence-corrected chi connectivity index (χ4v) is 5.87. The molecule has 2 aliphatic rings. The second kappa shape index (κ2) is 7.27. The summed E-state index contributed by atoms with van der Waals surface area (Å²) in [4.78, 5) is 14.2. The molecule has 2 aromatic heterocycles. The lowest BCUT2D eigenvalue weighted by atomic mass is 9.62. The van der Waals surface area contributed by atoms with Crippen LogP contribution in [-0.4, -0.2) is 24.6 Å². The number of aryl methyl sites for hydroxylation is 1. The van der Waals surface area contributed by atoms with Crippen LogP contribution in [0.25, 0.3) is 17.0 Å². The van der Waals surface area contributed by atoms with E-state index in [4.69, 9.17) is 11.6 Å². The molecule has 0 atom stereocenters. The van der Waals surface area contributed by atoms with Crippen LogP contribution in [0.2, 0.25) is 5.02 Å². The smallest absolute Gasteiger partial charge is 0.259 e. The minimum atomic E-state index is -0.158. The van der Waals surface area contributed by atoms with Crippen molar-refractivity contribution in [1.82, 2.24) is 24.6 Å². The molecule has 0 bridgehead atoms. The Labute approximate surface area is 190 Å². The third kappa shape index (κ3) is 2.93. The van der Waals surface area contributed by atoms with Gasteiger partial charge in [0, 0.05) is 16.0 Å². The van der Waals surface area contributed by atoms with E-state index in [2.05, 4.69) is 40.6 Å². The highest BCUT2D eigenvalue weighted by molar-refractivity contribution is 6.30. The minimum Gasteiger partial charge on any atom is -0.271 e. The van der Waals surface area contributed by atoms with Gasteiger partial charge in [0.2, 0.25) is 0 Å². The van der Waals surface area contributed by atoms with Crippen LogP contribution >= 0.6 is 11.6 Å². The van der Waals surface area contributed by atoms with E-state index < -0.39 is 0 Å². The molecule has 4 aromatic rings. The molecule has 6 nitrogen and oxygen atoms in total. The summed E-state index contributed by atoms with van der Waals surface area (Å²) in [5, 5.41) is 13.3. The Hall–Kier alpha value is -2.99. The topological polar surface area (TPSA) is 65.1 Å². The molecule has 2 heterocycles. The van der Waals surface area contributed by atoms with E-state index in [1.54, 1.807) is 9.08 Å². The quantitative estimate of drug-likeness (QED) is 0.447. The molecule has 0 unspecified atom stereocenters. The molecule has 2 aliphatic carbocycles. The maximum atomic E-state index is 14.2. The molecule has 7 heteroatoms. The molecule has 2 aromatic carbocycles. The van der Waals surface area contributed by atoms with Crippen molar-refractivity contribution >= 4 is 17.4 Å². The van der Waals surface area contributed by atoms with Crippen LogP contribution in [0.1, 0.15) is 54.4 Å². The maximum absolute atomic E-state index is 14.2. The lowest BCUT2D eigenvalue weighted by Crippen LogP contribution is -2.43. The molecule has 1 spiro atoms. The van der Waals surface area contributed by atoms with Crippen molar-refractivity contribution in [3.8, 4) is 11.3 Å². The summed E-state index contributed by atoms with van der Waals surface area (Å²) < 4.78 is 3.53. The number of fused-ring (bicyclic) bond motifs is 6. The number of nitrogens with zero attached hydrogens (tertiary/aromatic N) is 5. The first-order valence-electron chi connectivity index (χ1n) is 11.3. The summed E-state index contributed by atoms with van der Waals surface area (Å²) in [6.45, 7) is 2.49. The Bertz CT molecular complexity index is 1400. The van der Waals surface area contributed by atoms with Gasteiger partial charge in [0.15, 0.2) is 0 Å². The number of tetrazole rings is 1. The van der Waals surface area contributed by atoms with E-state index in [0.717, 1.165) is 54.5 Å². The van der Waals surface area contributed by atoms with E-state index in [-0.39, 0.29) is 11.0 Å². The van der Waals surface area contributed by atoms with Gasteiger partial charge < -0.3 is 0 Å². The monoisotopic (exact) mass is 445 g/mol. The van der Waals surface area contributed by atoms with E-state index in [1.807, 2.05) is 24.3 Å². The summed E-state index contributed by atoms with van der Waals surface area (Å²) in [5.74, 6) is 0.476. The SMILES string of the molecule is Cc1ccc2c(c1)-c1c(c(=O)n(Cc3ccc(Cl)cc3)c3nnnn13)C1(CCCCC1)C2. The average Bonchev–Trinajstić information content (AvgIpc) is 3.28. The molecule has 0 amide bonds. The Kier molecular flexibility index (Phi) is 4.47. The maximum Gasteiger partial charge on any atom is 0.259 e. The van der Waals surface area contributed by atoms with Crippen molar-refractivity contribution < 1.29 is 0 Å². The van der Waals surface area contributed by atoms with Crippen molar-refractivity contribution in [3.63, 3.8) is 0 Å². The van der Waals surface area contributed by atoms with Crippen LogP contribution in [0.4, 0.5) is 0 Å². The number of hydrogen-bond acceptors (Lipinski definition) is 4. The predicted molar refractivity (Wildman–Crippen MR) is 124 cm³/mol. The minimum absolute atomic E-state index is 0.0336. The number of halogens is 1. The lowest BCUT2D eigenvalue weighted by Gasteiger charge is -2.42. The molecule has 0 saturated heterocycles. The van der Waals surface area contributed by atoms with Crippen LogP contribution < -0.4 is 5.56 Å². The first-order chi connectivity index (χ1) is 15.6. The zero-order valence-electron chi connectivity index (χ0n) is 18.0. The van der Waals surface area contributed by atoms with Gasteiger partial charge in [-0.1, -0.05) is 65.8 Å². The number of hydrogen-bond donors (Lipinski definition) is 0. The lowest BCUT2D eigenvalue weighted by molar-refractivity contribution is 0.283. The molecule has 0 N–H and O–H groups in total. The summed E-state index contributed by atoms with van der Waals surface area (Å²) in [6, 6.07) is 14.2. The van der Waals surface area contributed by atoms with Crippen LogP contribution in [-0.2, 0) is 18.4 Å². The highest BCUT2D eigenvalue weighted by Gasteiger charge is 2.44. The average molecular weight is 446 g/mol. The van der Waals surface area contributed by atoms with Gasteiger partial charge in [-0.3, -0.25) is 9.36 Å². The first-order valence-corrected chi connectivity index (χ1v) is 11.6. The molecule has 6 rings (SSSR count). The molecule has 162 valence electrons. The van der Waals surface area contributed by atoms with Crippen molar-refractivity contribution in [2.24, 2.45) is 0 Å². The highest BCUT2D eigenvalue weighted by Crippen LogP contribution is 2.49. The van der Waals surface area contributed by atoms with Crippen LogP contribution in [0.3, 0.4) is 0 Å². The summed E-state index contributed by atoms with van der Waals surface area (Å²) in [6.07, 6.45) is 6.47. The van der Waals surface area contributed by atoms with Gasteiger partial charge in [-0.05, 0) is 65.9 Å². The van der Waals surface area contributed by atoms with E-state index in [9.17, 15) is 4.79 Å². The number of rotatable bonds is 2. The van der Waals surface area contributed by atoms with Crippen LogP contribution in [0.5, 0.6) is 0 Å². The summed E-state index contributed by atoms with van der Waals surface area (Å²) >= 11 is 6.07. The van der Waals surface area contributed by atoms with Gasteiger partial charge >= 0.3 is 0 Å². The predicted octanol–water partition coefficient (Wildman–Crippen LogP) is 4.72. The fraction of sp³-hybridized carbons (Fsp3) is 0.360. The first kappa shape index (κ1) is 19.7. The molecule has 0 radical (unpaired) electrons. The zero-order chi connectivity index (χ0) is 21.9. The van der Waals surface area contributed by atoms with Crippen molar-refractivity contribution in [3.05, 3.63) is 80.1 Å². The third-order valence-electron chi connectivity index (χ3n) is 7.25. The third-order valence-corrected chi connectivity index (χ3v) is 7.50. The number of benzene rings is 2.